The third kappa shape index (κ3) is 4.44. The highest BCUT2D eigenvalue weighted by molar-refractivity contribution is 7.11. The first-order valence-corrected chi connectivity index (χ1v) is 8.85. The summed E-state index contributed by atoms with van der Waals surface area (Å²) in [6.07, 6.45) is 2.81. The van der Waals surface area contributed by atoms with E-state index in [0.29, 0.717) is 19.0 Å². The molecule has 1 aromatic heterocycles. The molecule has 3 rings (SSSR count). The first-order valence-electron chi connectivity index (χ1n) is 8.03. The van der Waals surface area contributed by atoms with Crippen molar-refractivity contribution in [3.63, 3.8) is 0 Å². The minimum absolute atomic E-state index is 0.152. The lowest BCUT2D eigenvalue weighted by Gasteiger charge is -2.18. The fourth-order valence-corrected chi connectivity index (χ4v) is 3.57. The van der Waals surface area contributed by atoms with Gasteiger partial charge in [-0.1, -0.05) is 0 Å². The quantitative estimate of drug-likeness (QED) is 0.873. The summed E-state index contributed by atoms with van der Waals surface area (Å²) >= 11 is 1.59. The third-order valence-corrected chi connectivity index (χ3v) is 5.03. The molecule has 24 heavy (non-hydrogen) atoms. The molecule has 0 aliphatic carbocycles. The second-order valence-electron chi connectivity index (χ2n) is 5.99. The zero-order valence-corrected chi connectivity index (χ0v) is 14.4. The zero-order chi connectivity index (χ0) is 16.9. The van der Waals surface area contributed by atoms with Gasteiger partial charge in [0, 0.05) is 36.4 Å². The van der Waals surface area contributed by atoms with Crippen LogP contribution in [0.15, 0.2) is 30.5 Å². The second-order valence-corrected chi connectivity index (χ2v) is 7.31. The molecule has 2 heterocycles. The van der Waals surface area contributed by atoms with Crippen LogP contribution in [0.3, 0.4) is 0 Å². The molecule has 1 unspecified atom stereocenters. The monoisotopic (exact) mass is 348 g/mol. The number of rotatable bonds is 5. The summed E-state index contributed by atoms with van der Waals surface area (Å²) in [6, 6.07) is 6.41. The van der Waals surface area contributed by atoms with Crippen molar-refractivity contribution in [3.8, 4) is 0 Å². The fourth-order valence-electron chi connectivity index (χ4n) is 2.84. The summed E-state index contributed by atoms with van der Waals surface area (Å²) < 4.78 is 13.0. The number of benzene rings is 1. The predicted molar refractivity (Wildman–Crippen MR) is 93.8 cm³/mol. The molecule has 2 N–H and O–H groups in total. The van der Waals surface area contributed by atoms with Crippen LogP contribution >= 0.6 is 11.3 Å². The summed E-state index contributed by atoms with van der Waals surface area (Å²) in [4.78, 5) is 19.3. The Labute approximate surface area is 144 Å². The molecule has 0 saturated carbocycles. The Kier molecular flexibility index (Phi) is 5.30. The van der Waals surface area contributed by atoms with Crippen molar-refractivity contribution < 1.29 is 9.18 Å². The molecule has 0 radical (unpaired) electrons. The first kappa shape index (κ1) is 16.7. The van der Waals surface area contributed by atoms with Crippen molar-refractivity contribution in [2.75, 3.05) is 24.5 Å². The largest absolute Gasteiger partial charge is 0.371 e. The molecule has 1 atom stereocenters. The second kappa shape index (κ2) is 7.61. The average molecular weight is 348 g/mol. The Balaban J connectivity index is 1.39. The molecule has 2 amide bonds. The molecule has 1 aliphatic heterocycles. The number of nitrogens with zero attached hydrogens (tertiary/aromatic N) is 2. The average Bonchev–Trinajstić information content (AvgIpc) is 3.21. The molecule has 128 valence electrons. The number of thiazole rings is 1. The maximum atomic E-state index is 13.0. The third-order valence-electron chi connectivity index (χ3n) is 4.12. The van der Waals surface area contributed by atoms with Gasteiger partial charge in [-0.05, 0) is 43.5 Å². The predicted octanol–water partition coefficient (Wildman–Crippen LogP) is 2.92. The Morgan fingerprint density at radius 1 is 1.38 bits per heavy atom. The van der Waals surface area contributed by atoms with Gasteiger partial charge in [0.1, 0.15) is 5.82 Å². The van der Waals surface area contributed by atoms with Crippen LogP contribution in [0.5, 0.6) is 0 Å². The maximum Gasteiger partial charge on any atom is 0.315 e. The number of halogens is 1. The lowest BCUT2D eigenvalue weighted by Crippen LogP contribution is -2.38. The SMILES string of the molecule is Cc1ncc(CNC(=O)NCC2CCN(c3ccc(F)cc3)C2)s1. The van der Waals surface area contributed by atoms with Crippen LogP contribution in [-0.2, 0) is 6.54 Å². The Morgan fingerprint density at radius 3 is 2.88 bits per heavy atom. The van der Waals surface area contributed by atoms with Crippen LogP contribution in [0.25, 0.3) is 0 Å². The van der Waals surface area contributed by atoms with Gasteiger partial charge in [0.05, 0.1) is 11.6 Å². The molecule has 7 heteroatoms. The van der Waals surface area contributed by atoms with Crippen molar-refractivity contribution in [2.24, 2.45) is 5.92 Å². The Morgan fingerprint density at radius 2 is 2.17 bits per heavy atom. The normalized spacial score (nSPS) is 17.1. The van der Waals surface area contributed by atoms with Crippen LogP contribution in [0.2, 0.25) is 0 Å². The van der Waals surface area contributed by atoms with Crippen molar-refractivity contribution in [2.45, 2.75) is 19.9 Å². The summed E-state index contributed by atoms with van der Waals surface area (Å²) in [5.74, 6) is 0.190. The number of aromatic nitrogens is 1. The molecule has 2 aromatic rings. The van der Waals surface area contributed by atoms with E-state index in [1.54, 1.807) is 29.7 Å². The number of aryl methyl sites for hydroxylation is 1. The van der Waals surface area contributed by atoms with E-state index in [1.807, 2.05) is 6.92 Å². The van der Waals surface area contributed by atoms with Crippen LogP contribution < -0.4 is 15.5 Å². The summed E-state index contributed by atoms with van der Waals surface area (Å²) in [5, 5.41) is 6.78. The molecule has 5 nitrogen and oxygen atoms in total. The molecule has 1 aliphatic rings. The van der Waals surface area contributed by atoms with Crippen LogP contribution in [-0.4, -0.2) is 30.6 Å². The highest BCUT2D eigenvalue weighted by Crippen LogP contribution is 2.23. The topological polar surface area (TPSA) is 57.3 Å². The highest BCUT2D eigenvalue weighted by atomic mass is 32.1. The van der Waals surface area contributed by atoms with E-state index in [0.717, 1.165) is 35.1 Å². The Bertz CT molecular complexity index is 688. The van der Waals surface area contributed by atoms with E-state index < -0.39 is 0 Å². The van der Waals surface area contributed by atoms with Gasteiger partial charge in [-0.15, -0.1) is 11.3 Å². The number of urea groups is 1. The molecule has 0 spiro atoms. The molecular formula is C17H21FN4OS. The van der Waals surface area contributed by atoms with Crippen LogP contribution in [0.1, 0.15) is 16.3 Å². The van der Waals surface area contributed by atoms with Crippen molar-refractivity contribution in [1.82, 2.24) is 15.6 Å². The van der Waals surface area contributed by atoms with Gasteiger partial charge in [-0.2, -0.15) is 0 Å². The fraction of sp³-hybridized carbons (Fsp3) is 0.412. The number of anilines is 1. The lowest BCUT2D eigenvalue weighted by atomic mass is 10.1. The van der Waals surface area contributed by atoms with E-state index in [4.69, 9.17) is 0 Å². The van der Waals surface area contributed by atoms with E-state index in [9.17, 15) is 9.18 Å². The van der Waals surface area contributed by atoms with E-state index >= 15 is 0 Å². The maximum absolute atomic E-state index is 13.0. The zero-order valence-electron chi connectivity index (χ0n) is 13.6. The molecular weight excluding hydrogens is 327 g/mol. The summed E-state index contributed by atoms with van der Waals surface area (Å²) in [6.45, 7) is 4.90. The molecule has 1 aromatic carbocycles. The highest BCUT2D eigenvalue weighted by Gasteiger charge is 2.23. The van der Waals surface area contributed by atoms with Gasteiger partial charge < -0.3 is 15.5 Å². The van der Waals surface area contributed by atoms with Crippen LogP contribution in [0.4, 0.5) is 14.9 Å². The van der Waals surface area contributed by atoms with Crippen molar-refractivity contribution in [1.29, 1.82) is 0 Å². The summed E-state index contributed by atoms with van der Waals surface area (Å²) in [7, 11) is 0. The van der Waals surface area contributed by atoms with Crippen LogP contribution in [0, 0.1) is 18.7 Å². The van der Waals surface area contributed by atoms with Crippen molar-refractivity contribution >= 4 is 23.1 Å². The number of nitrogens with one attached hydrogen (secondary N) is 2. The van der Waals surface area contributed by atoms with E-state index in [2.05, 4.69) is 20.5 Å². The molecule has 1 fully saturated rings. The summed E-state index contributed by atoms with van der Waals surface area (Å²) in [5.41, 5.74) is 1.03. The standard InChI is InChI=1S/C17H21FN4OS/c1-12-19-9-16(24-12)10-21-17(23)20-8-13-6-7-22(11-13)15-4-2-14(18)3-5-15/h2-5,9,13H,6-8,10-11H2,1H3,(H2,20,21,23). The van der Waals surface area contributed by atoms with Gasteiger partial charge in [0.25, 0.3) is 0 Å². The van der Waals surface area contributed by atoms with Gasteiger partial charge in [-0.3, -0.25) is 0 Å². The minimum Gasteiger partial charge on any atom is -0.371 e. The number of hydrogen-bond donors (Lipinski definition) is 2. The molecule has 0 bridgehead atoms. The van der Waals surface area contributed by atoms with Gasteiger partial charge in [0.15, 0.2) is 0 Å². The van der Waals surface area contributed by atoms with Gasteiger partial charge in [-0.25, -0.2) is 14.2 Å². The minimum atomic E-state index is -0.219. The van der Waals surface area contributed by atoms with Gasteiger partial charge in [0.2, 0.25) is 0 Å². The number of hydrogen-bond acceptors (Lipinski definition) is 4. The Hall–Kier alpha value is -2.15. The lowest BCUT2D eigenvalue weighted by molar-refractivity contribution is 0.239. The van der Waals surface area contributed by atoms with Gasteiger partial charge >= 0.3 is 6.03 Å². The number of carbonyl (C=O) groups excluding carboxylic acids is 1. The first-order chi connectivity index (χ1) is 11.6. The molecule has 1 saturated heterocycles. The van der Waals surface area contributed by atoms with E-state index in [-0.39, 0.29) is 11.8 Å². The smallest absolute Gasteiger partial charge is 0.315 e. The van der Waals surface area contributed by atoms with Crippen molar-refractivity contribution in [3.05, 3.63) is 46.2 Å². The number of carbonyl (C=O) groups is 1. The van der Waals surface area contributed by atoms with E-state index in [1.165, 1.54) is 12.1 Å². The number of amides is 2.